The van der Waals surface area contributed by atoms with Gasteiger partial charge in [-0.25, -0.2) is 0 Å². The Morgan fingerprint density at radius 3 is 2.07 bits per heavy atom. The van der Waals surface area contributed by atoms with E-state index in [0.29, 0.717) is 0 Å². The number of allylic oxidation sites excluding steroid dienone is 1. The molecule has 0 bridgehead atoms. The molecular formula is C14H27N. The Bertz CT molecular complexity index is 238. The molecule has 0 heterocycles. The molecule has 1 unspecified atom stereocenters. The van der Waals surface area contributed by atoms with Crippen molar-refractivity contribution in [3.05, 3.63) is 11.6 Å². The van der Waals surface area contributed by atoms with Gasteiger partial charge in [0, 0.05) is 5.71 Å². The third-order valence-corrected chi connectivity index (χ3v) is 3.16. The van der Waals surface area contributed by atoms with Gasteiger partial charge in [-0.3, -0.25) is 4.99 Å². The van der Waals surface area contributed by atoms with Crippen molar-refractivity contribution in [3.63, 3.8) is 0 Å². The fourth-order valence-corrected chi connectivity index (χ4v) is 1.87. The zero-order valence-electron chi connectivity index (χ0n) is 11.4. The summed E-state index contributed by atoms with van der Waals surface area (Å²) in [4.78, 5) is 4.88. The maximum atomic E-state index is 4.88. The summed E-state index contributed by atoms with van der Waals surface area (Å²) in [5, 5.41) is 0. The first-order chi connectivity index (χ1) is 7.03. The molecule has 0 aliphatic heterocycles. The highest BCUT2D eigenvalue weighted by Crippen LogP contribution is 2.28. The Morgan fingerprint density at radius 1 is 1.13 bits per heavy atom. The summed E-state index contributed by atoms with van der Waals surface area (Å²) in [6.07, 6.45) is 6.71. The Kier molecular flexibility index (Phi) is 6.55. The Morgan fingerprint density at radius 2 is 1.73 bits per heavy atom. The van der Waals surface area contributed by atoms with Crippen LogP contribution in [-0.4, -0.2) is 11.3 Å². The van der Waals surface area contributed by atoms with Crippen LogP contribution in [0.25, 0.3) is 0 Å². The van der Waals surface area contributed by atoms with E-state index in [-0.39, 0.29) is 5.54 Å². The van der Waals surface area contributed by atoms with Gasteiger partial charge in [0.15, 0.2) is 0 Å². The van der Waals surface area contributed by atoms with Gasteiger partial charge in [-0.05, 0) is 45.1 Å². The minimum Gasteiger partial charge on any atom is -0.284 e. The molecular weight excluding hydrogens is 182 g/mol. The fraction of sp³-hybridized carbons (Fsp3) is 0.786. The number of hydrogen-bond acceptors (Lipinski definition) is 1. The molecule has 0 spiro atoms. The fourth-order valence-electron chi connectivity index (χ4n) is 1.87. The molecule has 0 saturated heterocycles. The van der Waals surface area contributed by atoms with Gasteiger partial charge < -0.3 is 0 Å². The van der Waals surface area contributed by atoms with E-state index in [9.17, 15) is 0 Å². The topological polar surface area (TPSA) is 12.4 Å². The third-order valence-electron chi connectivity index (χ3n) is 3.16. The summed E-state index contributed by atoms with van der Waals surface area (Å²) < 4.78 is 0. The van der Waals surface area contributed by atoms with Crippen molar-refractivity contribution in [1.29, 1.82) is 0 Å². The molecule has 0 fully saturated rings. The van der Waals surface area contributed by atoms with Gasteiger partial charge in [0.2, 0.25) is 0 Å². The number of nitrogens with zero attached hydrogens (tertiary/aromatic N) is 1. The van der Waals surface area contributed by atoms with Gasteiger partial charge in [0.25, 0.3) is 0 Å². The van der Waals surface area contributed by atoms with Crippen molar-refractivity contribution in [1.82, 2.24) is 0 Å². The maximum absolute atomic E-state index is 4.88. The molecule has 0 aliphatic carbocycles. The van der Waals surface area contributed by atoms with Crippen molar-refractivity contribution in [2.75, 3.05) is 0 Å². The molecule has 15 heavy (non-hydrogen) atoms. The predicted molar refractivity (Wildman–Crippen MR) is 70.8 cm³/mol. The van der Waals surface area contributed by atoms with Crippen LogP contribution < -0.4 is 0 Å². The van der Waals surface area contributed by atoms with Crippen LogP contribution in [0.3, 0.4) is 0 Å². The highest BCUT2D eigenvalue weighted by atomic mass is 14.9. The molecule has 0 aromatic heterocycles. The van der Waals surface area contributed by atoms with E-state index in [1.807, 2.05) is 0 Å². The van der Waals surface area contributed by atoms with E-state index < -0.39 is 0 Å². The highest BCUT2D eigenvalue weighted by Gasteiger charge is 2.24. The average molecular weight is 209 g/mol. The molecule has 0 rings (SSSR count). The molecule has 0 aromatic rings. The van der Waals surface area contributed by atoms with Gasteiger partial charge in [-0.1, -0.05) is 33.8 Å². The second kappa shape index (κ2) is 6.81. The largest absolute Gasteiger partial charge is 0.284 e. The van der Waals surface area contributed by atoms with Crippen LogP contribution >= 0.6 is 0 Å². The van der Waals surface area contributed by atoms with Crippen LogP contribution in [0.4, 0.5) is 0 Å². The summed E-state index contributed by atoms with van der Waals surface area (Å²) in [6, 6.07) is 0. The smallest absolute Gasteiger partial charge is 0.0785 e. The molecule has 0 N–H and O–H groups in total. The second-order valence-corrected chi connectivity index (χ2v) is 4.32. The zero-order valence-corrected chi connectivity index (χ0v) is 11.4. The van der Waals surface area contributed by atoms with Crippen LogP contribution in [-0.2, 0) is 0 Å². The third kappa shape index (κ3) is 4.19. The Balaban J connectivity index is 5.06. The molecule has 1 heteroatoms. The molecule has 0 aliphatic rings. The van der Waals surface area contributed by atoms with Crippen molar-refractivity contribution < 1.29 is 0 Å². The van der Waals surface area contributed by atoms with Gasteiger partial charge in [-0.2, -0.15) is 0 Å². The molecule has 0 amide bonds. The minimum absolute atomic E-state index is 0.0326. The first-order valence-corrected chi connectivity index (χ1v) is 6.28. The first kappa shape index (κ1) is 14.4. The van der Waals surface area contributed by atoms with Crippen molar-refractivity contribution in [3.8, 4) is 0 Å². The van der Waals surface area contributed by atoms with Crippen LogP contribution in [0, 0.1) is 0 Å². The quantitative estimate of drug-likeness (QED) is 0.441. The second-order valence-electron chi connectivity index (χ2n) is 4.32. The van der Waals surface area contributed by atoms with Crippen LogP contribution in [0.1, 0.15) is 67.2 Å². The van der Waals surface area contributed by atoms with Crippen molar-refractivity contribution >= 4 is 5.71 Å². The number of hydrogen-bond donors (Lipinski definition) is 0. The molecule has 1 nitrogen and oxygen atoms in total. The SMILES string of the molecule is CCC=C(CC)C(C)(CC)N=C(C)CC. The lowest BCUT2D eigenvalue weighted by Crippen LogP contribution is -2.25. The highest BCUT2D eigenvalue weighted by molar-refractivity contribution is 5.82. The van der Waals surface area contributed by atoms with Gasteiger partial charge >= 0.3 is 0 Å². The lowest BCUT2D eigenvalue weighted by Gasteiger charge is -2.28. The Hall–Kier alpha value is -0.590. The predicted octanol–water partition coefficient (Wildman–Crippen LogP) is 4.77. The van der Waals surface area contributed by atoms with E-state index in [0.717, 1.165) is 25.7 Å². The summed E-state index contributed by atoms with van der Waals surface area (Å²) in [5.41, 5.74) is 2.78. The number of rotatable bonds is 6. The lowest BCUT2D eigenvalue weighted by molar-refractivity contribution is 0.516. The van der Waals surface area contributed by atoms with E-state index in [2.05, 4.69) is 47.6 Å². The minimum atomic E-state index is 0.0326. The van der Waals surface area contributed by atoms with Gasteiger partial charge in [0.05, 0.1) is 5.54 Å². The summed E-state index contributed by atoms with van der Waals surface area (Å²) in [5.74, 6) is 0. The monoisotopic (exact) mass is 209 g/mol. The number of aliphatic imine (C=N–C) groups is 1. The van der Waals surface area contributed by atoms with E-state index >= 15 is 0 Å². The summed E-state index contributed by atoms with van der Waals surface area (Å²) in [6.45, 7) is 13.2. The Labute approximate surface area is 95.7 Å². The average Bonchev–Trinajstić information content (AvgIpc) is 2.25. The molecule has 88 valence electrons. The van der Waals surface area contributed by atoms with Crippen molar-refractivity contribution in [2.45, 2.75) is 72.8 Å². The first-order valence-electron chi connectivity index (χ1n) is 6.28. The molecule has 0 radical (unpaired) electrons. The van der Waals surface area contributed by atoms with E-state index in [4.69, 9.17) is 4.99 Å². The molecule has 1 atom stereocenters. The molecule has 0 aromatic carbocycles. The lowest BCUT2D eigenvalue weighted by atomic mass is 9.87. The van der Waals surface area contributed by atoms with Crippen LogP contribution in [0.5, 0.6) is 0 Å². The molecule has 0 saturated carbocycles. The van der Waals surface area contributed by atoms with Crippen LogP contribution in [0.15, 0.2) is 16.6 Å². The van der Waals surface area contributed by atoms with Crippen LogP contribution in [0.2, 0.25) is 0 Å². The zero-order chi connectivity index (χ0) is 11.9. The van der Waals surface area contributed by atoms with Gasteiger partial charge in [-0.15, -0.1) is 0 Å². The normalized spacial score (nSPS) is 17.7. The maximum Gasteiger partial charge on any atom is 0.0785 e. The standard InChI is InChI=1S/C14H27N/c1-7-11-13(9-3)14(6,10-4)15-12(5)8-2/h11H,7-10H2,1-6H3. The van der Waals surface area contributed by atoms with E-state index in [1.165, 1.54) is 11.3 Å². The van der Waals surface area contributed by atoms with Crippen molar-refractivity contribution in [2.24, 2.45) is 4.99 Å². The van der Waals surface area contributed by atoms with Gasteiger partial charge in [0.1, 0.15) is 0 Å². The summed E-state index contributed by atoms with van der Waals surface area (Å²) in [7, 11) is 0. The summed E-state index contributed by atoms with van der Waals surface area (Å²) >= 11 is 0. The van der Waals surface area contributed by atoms with E-state index in [1.54, 1.807) is 0 Å².